The molecule has 0 radical (unpaired) electrons. The van der Waals surface area contributed by atoms with E-state index in [4.69, 9.17) is 9.47 Å². The first-order chi connectivity index (χ1) is 27.2. The fourth-order valence-electron chi connectivity index (χ4n) is 7.10. The third-order valence-corrected chi connectivity index (χ3v) is 9.97. The molecule has 0 aliphatic carbocycles. The van der Waals surface area contributed by atoms with Gasteiger partial charge in [-0.05, 0) is 72.2 Å². The van der Waals surface area contributed by atoms with Gasteiger partial charge in [0.05, 0.1) is 14.2 Å². The molecule has 0 spiro atoms. The lowest BCUT2D eigenvalue weighted by atomic mass is 10.0. The second-order valence-corrected chi connectivity index (χ2v) is 13.5. The van der Waals surface area contributed by atoms with E-state index in [-0.39, 0.29) is 11.8 Å². The summed E-state index contributed by atoms with van der Waals surface area (Å²) in [5.74, 6) is -1.45. The Bertz CT molecular complexity index is 1880. The molecular weight excluding hydrogens is 716 g/mol. The lowest BCUT2D eigenvalue weighted by Gasteiger charge is -2.28. The van der Waals surface area contributed by atoms with Gasteiger partial charge in [0.1, 0.15) is 24.2 Å². The Morgan fingerprint density at radius 2 is 0.893 bits per heavy atom. The quantitative estimate of drug-likeness (QED) is 0.157. The van der Waals surface area contributed by atoms with Crippen LogP contribution in [0.15, 0.2) is 109 Å². The fourth-order valence-corrected chi connectivity index (χ4v) is 7.10. The van der Waals surface area contributed by atoms with E-state index in [0.717, 1.165) is 11.1 Å². The molecule has 0 bridgehead atoms. The second kappa shape index (κ2) is 18.1. The first-order valence-corrected chi connectivity index (χ1v) is 18.4. The highest BCUT2D eigenvalue weighted by molar-refractivity contribution is 6.00. The molecule has 0 saturated carbocycles. The number of alkyl carbamates (subject to hydrolysis) is 2. The van der Waals surface area contributed by atoms with Crippen LogP contribution in [0.5, 0.6) is 0 Å². The van der Waals surface area contributed by atoms with Gasteiger partial charge in [-0.2, -0.15) is 0 Å². The lowest BCUT2D eigenvalue weighted by Crippen LogP contribution is -2.48. The molecule has 6 amide bonds. The van der Waals surface area contributed by atoms with Gasteiger partial charge >= 0.3 is 12.2 Å². The Hall–Kier alpha value is -6.70. The number of benzene rings is 4. The van der Waals surface area contributed by atoms with Crippen LogP contribution in [-0.2, 0) is 28.7 Å². The molecule has 14 nitrogen and oxygen atoms in total. The Balaban J connectivity index is 1.06. The largest absolute Gasteiger partial charge is 0.453 e. The minimum Gasteiger partial charge on any atom is -0.453 e. The molecule has 2 saturated heterocycles. The van der Waals surface area contributed by atoms with Gasteiger partial charge in [-0.1, -0.05) is 84.9 Å². The molecule has 4 atom stereocenters. The van der Waals surface area contributed by atoms with Gasteiger partial charge in [-0.25, -0.2) is 9.59 Å². The zero-order valence-electron chi connectivity index (χ0n) is 31.1. The molecule has 0 unspecified atom stereocenters. The first kappa shape index (κ1) is 39.0. The smallest absolute Gasteiger partial charge is 0.407 e. The molecule has 2 aliphatic rings. The summed E-state index contributed by atoms with van der Waals surface area (Å²) < 4.78 is 9.50. The van der Waals surface area contributed by atoms with Gasteiger partial charge in [0.25, 0.3) is 11.8 Å². The molecule has 2 aliphatic heterocycles. The third kappa shape index (κ3) is 9.14. The van der Waals surface area contributed by atoms with E-state index in [9.17, 15) is 28.8 Å². The zero-order valence-corrected chi connectivity index (χ0v) is 31.1. The van der Waals surface area contributed by atoms with Crippen LogP contribution in [-0.4, -0.2) is 85.0 Å². The van der Waals surface area contributed by atoms with Gasteiger partial charge in [0.2, 0.25) is 11.8 Å². The van der Waals surface area contributed by atoms with Gasteiger partial charge in [0.15, 0.2) is 0 Å². The standard InChI is InChI=1S/C42H44N6O8/c1-55-41(53)45-35(29-11-5-3-6-12-29)39(51)47-25-9-15-33(47)37(49)43-31-21-17-27(18-22-31)28-19-23-32(24-20-28)44-38(50)34-16-10-26-48(34)40(52)36(46-42(54)56-2)30-13-7-4-8-14-30/h3-8,11-14,17-24,33-36H,9-10,15-16,25-26H2,1-2H3,(H,43,49)(H,44,50)(H,45,53)(H,46,54)/t33-,34-,35-,36-/m1/s1. The van der Waals surface area contributed by atoms with E-state index in [1.807, 2.05) is 36.4 Å². The van der Waals surface area contributed by atoms with Crippen molar-refractivity contribution in [2.45, 2.75) is 49.9 Å². The maximum Gasteiger partial charge on any atom is 0.407 e. The van der Waals surface area contributed by atoms with Crippen molar-refractivity contribution in [3.05, 3.63) is 120 Å². The molecule has 14 heteroatoms. The number of hydrogen-bond acceptors (Lipinski definition) is 8. The number of nitrogens with zero attached hydrogens (tertiary/aromatic N) is 2. The number of anilines is 2. The zero-order chi connectivity index (χ0) is 39.6. The van der Waals surface area contributed by atoms with E-state index in [1.165, 1.54) is 24.0 Å². The van der Waals surface area contributed by atoms with Crippen LogP contribution in [0.25, 0.3) is 11.1 Å². The molecule has 0 aromatic heterocycles. The van der Waals surface area contributed by atoms with Crippen molar-refractivity contribution < 1.29 is 38.2 Å². The van der Waals surface area contributed by atoms with Crippen molar-refractivity contribution >= 4 is 47.2 Å². The molecule has 2 heterocycles. The Kier molecular flexibility index (Phi) is 12.6. The summed E-state index contributed by atoms with van der Waals surface area (Å²) >= 11 is 0. The number of nitrogens with one attached hydrogen (secondary N) is 4. The number of hydrogen-bond donors (Lipinski definition) is 4. The van der Waals surface area contributed by atoms with Gasteiger partial charge in [-0.3, -0.25) is 19.2 Å². The number of methoxy groups -OCH3 is 2. The third-order valence-electron chi connectivity index (χ3n) is 9.97. The molecule has 56 heavy (non-hydrogen) atoms. The summed E-state index contributed by atoms with van der Waals surface area (Å²) in [5, 5.41) is 11.1. The number of rotatable bonds is 11. The second-order valence-electron chi connectivity index (χ2n) is 13.5. The summed E-state index contributed by atoms with van der Waals surface area (Å²) in [6, 6.07) is 28.7. The summed E-state index contributed by atoms with van der Waals surface area (Å²) in [7, 11) is 2.45. The molecule has 4 aromatic rings. The SMILES string of the molecule is COC(=O)N[C@@H](C(=O)N1CCC[C@@H]1C(=O)Nc1ccc(-c2ccc(NC(=O)[C@H]3CCCN3C(=O)[C@H](NC(=O)OC)c3ccccc3)cc2)cc1)c1ccccc1. The van der Waals surface area contributed by atoms with E-state index in [2.05, 4.69) is 21.3 Å². The minimum absolute atomic E-state index is 0.327. The number of ether oxygens (including phenoxy) is 2. The fraction of sp³-hybridized carbons (Fsp3) is 0.286. The highest BCUT2D eigenvalue weighted by Gasteiger charge is 2.40. The summed E-state index contributed by atoms with van der Waals surface area (Å²) in [5.41, 5.74) is 4.01. The van der Waals surface area contributed by atoms with E-state index < -0.39 is 48.2 Å². The monoisotopic (exact) mass is 760 g/mol. The average molecular weight is 761 g/mol. The molecule has 290 valence electrons. The maximum absolute atomic E-state index is 13.7. The predicted octanol–water partition coefficient (Wildman–Crippen LogP) is 5.41. The van der Waals surface area contributed by atoms with Crippen molar-refractivity contribution in [2.24, 2.45) is 0 Å². The van der Waals surface area contributed by atoms with Crippen molar-refractivity contribution in [1.29, 1.82) is 0 Å². The normalized spacial score (nSPS) is 17.2. The highest BCUT2D eigenvalue weighted by Crippen LogP contribution is 2.28. The highest BCUT2D eigenvalue weighted by atomic mass is 16.5. The Morgan fingerprint density at radius 1 is 0.536 bits per heavy atom. The number of amides is 6. The first-order valence-electron chi connectivity index (χ1n) is 18.4. The number of carbonyl (C=O) groups is 6. The summed E-state index contributed by atoms with van der Waals surface area (Å²) in [4.78, 5) is 81.5. The van der Waals surface area contributed by atoms with Gasteiger partial charge in [0, 0.05) is 24.5 Å². The van der Waals surface area contributed by atoms with Crippen LogP contribution in [0.4, 0.5) is 21.0 Å². The van der Waals surface area contributed by atoms with Crippen LogP contribution in [0, 0.1) is 0 Å². The lowest BCUT2D eigenvalue weighted by molar-refractivity contribution is -0.138. The van der Waals surface area contributed by atoms with Crippen molar-refractivity contribution in [3.8, 4) is 11.1 Å². The maximum atomic E-state index is 13.7. The molecule has 2 fully saturated rings. The van der Waals surface area contributed by atoms with E-state index in [0.29, 0.717) is 61.3 Å². The van der Waals surface area contributed by atoms with Crippen molar-refractivity contribution in [1.82, 2.24) is 20.4 Å². The van der Waals surface area contributed by atoms with Gasteiger partial charge in [-0.15, -0.1) is 0 Å². The minimum atomic E-state index is -1.01. The molecule has 6 rings (SSSR count). The predicted molar refractivity (Wildman–Crippen MR) is 208 cm³/mol. The van der Waals surface area contributed by atoms with Crippen LogP contribution < -0.4 is 21.3 Å². The van der Waals surface area contributed by atoms with Crippen LogP contribution in [0.1, 0.15) is 48.9 Å². The van der Waals surface area contributed by atoms with Crippen LogP contribution in [0.2, 0.25) is 0 Å². The molecule has 4 aromatic carbocycles. The summed E-state index contributed by atoms with van der Waals surface area (Å²) in [6.07, 6.45) is 0.739. The molecule has 4 N–H and O–H groups in total. The number of carbonyl (C=O) groups excluding carboxylic acids is 6. The molecular formula is C42H44N6O8. The Morgan fingerprint density at radius 3 is 1.23 bits per heavy atom. The average Bonchev–Trinajstić information content (AvgIpc) is 3.94. The van der Waals surface area contributed by atoms with Crippen molar-refractivity contribution in [3.63, 3.8) is 0 Å². The van der Waals surface area contributed by atoms with Crippen molar-refractivity contribution in [2.75, 3.05) is 37.9 Å². The van der Waals surface area contributed by atoms with Crippen LogP contribution >= 0.6 is 0 Å². The van der Waals surface area contributed by atoms with E-state index in [1.54, 1.807) is 72.8 Å². The topological polar surface area (TPSA) is 175 Å². The van der Waals surface area contributed by atoms with Gasteiger partial charge < -0.3 is 40.5 Å². The number of likely N-dealkylation sites (tertiary alicyclic amines) is 2. The van der Waals surface area contributed by atoms with Crippen LogP contribution in [0.3, 0.4) is 0 Å². The summed E-state index contributed by atoms with van der Waals surface area (Å²) in [6.45, 7) is 0.748. The Labute approximate surface area is 324 Å². The van der Waals surface area contributed by atoms with E-state index >= 15 is 0 Å².